The number of unbranched alkanes of at least 4 members (excludes halogenated alkanes) is 3. The van der Waals surface area contributed by atoms with Crippen LogP contribution in [0.3, 0.4) is 0 Å². The smallest absolute Gasteiger partial charge is 0.322 e. The molecular weight excluding hydrogens is 526 g/mol. The zero-order valence-electron chi connectivity index (χ0n) is 23.4. The van der Waals surface area contributed by atoms with E-state index in [4.69, 9.17) is 10.8 Å². The van der Waals surface area contributed by atoms with Crippen molar-refractivity contribution in [2.75, 3.05) is 11.9 Å². The van der Waals surface area contributed by atoms with Crippen molar-refractivity contribution in [1.29, 1.82) is 0 Å². The van der Waals surface area contributed by atoms with Gasteiger partial charge in [0.05, 0.1) is 16.8 Å². The predicted octanol–water partition coefficient (Wildman–Crippen LogP) is 5.59. The number of anilines is 1. The molecule has 0 fully saturated rings. The number of fused-ring (bicyclic) bond motifs is 2. The normalized spacial score (nSPS) is 12.5. The van der Waals surface area contributed by atoms with Crippen LogP contribution < -0.4 is 16.6 Å². The largest absolute Gasteiger partial charge is 0.330 e. The quantitative estimate of drug-likeness (QED) is 0.227. The van der Waals surface area contributed by atoms with E-state index in [0.717, 1.165) is 58.8 Å². The van der Waals surface area contributed by atoms with E-state index in [9.17, 15) is 9.59 Å². The van der Waals surface area contributed by atoms with Gasteiger partial charge in [0.25, 0.3) is 5.56 Å². The van der Waals surface area contributed by atoms with Crippen LogP contribution in [0.15, 0.2) is 90.1 Å². The fourth-order valence-electron chi connectivity index (χ4n) is 5.32. The highest BCUT2D eigenvalue weighted by molar-refractivity contribution is 5.90. The first-order valence-electron chi connectivity index (χ1n) is 14.3. The number of urea groups is 1. The van der Waals surface area contributed by atoms with Gasteiger partial charge in [0, 0.05) is 54.9 Å². The van der Waals surface area contributed by atoms with Crippen LogP contribution >= 0.6 is 0 Å². The molecule has 4 heterocycles. The summed E-state index contributed by atoms with van der Waals surface area (Å²) in [4.78, 5) is 36.9. The molecule has 1 aliphatic rings. The third-order valence-electron chi connectivity index (χ3n) is 7.66. The Hall–Kier alpha value is -4.89. The van der Waals surface area contributed by atoms with Gasteiger partial charge in [-0.1, -0.05) is 43.2 Å². The molecule has 1 aliphatic heterocycles. The maximum atomic E-state index is 13.6. The summed E-state index contributed by atoms with van der Waals surface area (Å²) in [7, 11) is 0. The maximum Gasteiger partial charge on any atom is 0.322 e. The number of aromatic nitrogens is 4. The Labute approximate surface area is 244 Å². The van der Waals surface area contributed by atoms with Crippen LogP contribution in [0.2, 0.25) is 0 Å². The summed E-state index contributed by atoms with van der Waals surface area (Å²) in [5.74, 6) is 0. The summed E-state index contributed by atoms with van der Waals surface area (Å²) in [5.41, 5.74) is 12.1. The standard InChI is InChI=1S/C33H33N7O2/c34-14-3-1-2-4-17-40-32(41)29(25-8-7-23-6-5-15-36-30(23)18-25)19-31(38-40)24-9-11-28(12-10-24)37-33(42)39-21-26-13-16-35-20-27(26)22-39/h5-13,15-16,18-20H,1-4,14,17,21-22,34H2,(H,37,42). The number of hydrogen-bond donors (Lipinski definition) is 2. The van der Waals surface area contributed by atoms with Crippen molar-refractivity contribution in [1.82, 2.24) is 24.6 Å². The van der Waals surface area contributed by atoms with Crippen LogP contribution in [0, 0.1) is 0 Å². The molecule has 42 heavy (non-hydrogen) atoms. The summed E-state index contributed by atoms with van der Waals surface area (Å²) >= 11 is 0. The minimum atomic E-state index is -0.160. The van der Waals surface area contributed by atoms with Crippen molar-refractivity contribution in [3.8, 4) is 22.4 Å². The molecule has 0 radical (unpaired) electrons. The fourth-order valence-corrected chi connectivity index (χ4v) is 5.32. The summed E-state index contributed by atoms with van der Waals surface area (Å²) in [6, 6.07) is 21.0. The Bertz CT molecular complexity index is 1760. The lowest BCUT2D eigenvalue weighted by Crippen LogP contribution is -2.30. The molecule has 0 unspecified atom stereocenters. The molecule has 0 bridgehead atoms. The van der Waals surface area contributed by atoms with Crippen LogP contribution in [-0.4, -0.2) is 37.2 Å². The van der Waals surface area contributed by atoms with Gasteiger partial charge in [-0.05, 0) is 72.5 Å². The number of carbonyl (C=O) groups excluding carboxylic acids is 1. The Morgan fingerprint density at radius 1 is 0.881 bits per heavy atom. The van der Waals surface area contributed by atoms with Gasteiger partial charge in [0.1, 0.15) is 0 Å². The average molecular weight is 560 g/mol. The Kier molecular flexibility index (Phi) is 8.00. The van der Waals surface area contributed by atoms with Gasteiger partial charge >= 0.3 is 6.03 Å². The second-order valence-electron chi connectivity index (χ2n) is 10.6. The molecule has 2 aromatic carbocycles. The third-order valence-corrected chi connectivity index (χ3v) is 7.66. The molecule has 0 atom stereocenters. The Morgan fingerprint density at radius 2 is 1.69 bits per heavy atom. The molecule has 3 N–H and O–H groups in total. The molecule has 5 aromatic rings. The van der Waals surface area contributed by atoms with Crippen LogP contribution in [0.25, 0.3) is 33.3 Å². The van der Waals surface area contributed by atoms with Crippen LogP contribution in [0.5, 0.6) is 0 Å². The summed E-state index contributed by atoms with van der Waals surface area (Å²) in [5, 5.41) is 8.76. The number of benzene rings is 2. The zero-order valence-corrected chi connectivity index (χ0v) is 23.4. The Balaban J connectivity index is 1.26. The number of pyridine rings is 2. The van der Waals surface area contributed by atoms with E-state index in [0.29, 0.717) is 43.1 Å². The van der Waals surface area contributed by atoms with Crippen LogP contribution in [0.4, 0.5) is 10.5 Å². The first kappa shape index (κ1) is 27.3. The summed E-state index contributed by atoms with van der Waals surface area (Å²) in [6.07, 6.45) is 9.15. The highest BCUT2D eigenvalue weighted by atomic mass is 16.2. The summed E-state index contributed by atoms with van der Waals surface area (Å²) in [6.45, 7) is 2.30. The molecule has 2 amide bonds. The molecule has 9 nitrogen and oxygen atoms in total. The number of nitrogens with zero attached hydrogens (tertiary/aromatic N) is 5. The lowest BCUT2D eigenvalue weighted by molar-refractivity contribution is 0.212. The highest BCUT2D eigenvalue weighted by Crippen LogP contribution is 2.27. The molecule has 6 rings (SSSR count). The Morgan fingerprint density at radius 3 is 2.52 bits per heavy atom. The topological polar surface area (TPSA) is 119 Å². The van der Waals surface area contributed by atoms with Gasteiger partial charge in [-0.25, -0.2) is 9.48 Å². The first-order valence-corrected chi connectivity index (χ1v) is 14.3. The van der Waals surface area contributed by atoms with Gasteiger partial charge in [-0.2, -0.15) is 5.10 Å². The van der Waals surface area contributed by atoms with E-state index < -0.39 is 0 Å². The van der Waals surface area contributed by atoms with Gasteiger partial charge in [0.15, 0.2) is 0 Å². The van der Waals surface area contributed by atoms with E-state index in [1.807, 2.05) is 72.9 Å². The molecule has 0 saturated heterocycles. The molecular formula is C33H33N7O2. The first-order chi connectivity index (χ1) is 20.6. The van der Waals surface area contributed by atoms with Gasteiger partial charge in [0.2, 0.25) is 0 Å². The van der Waals surface area contributed by atoms with Gasteiger partial charge in [-0.3, -0.25) is 14.8 Å². The second-order valence-corrected chi connectivity index (χ2v) is 10.6. The number of carbonyl (C=O) groups is 1. The maximum absolute atomic E-state index is 13.6. The van der Waals surface area contributed by atoms with Crippen LogP contribution in [0.1, 0.15) is 36.8 Å². The fraction of sp³-hybridized carbons (Fsp3) is 0.242. The van der Waals surface area contributed by atoms with Gasteiger partial charge < -0.3 is 16.0 Å². The molecule has 0 saturated carbocycles. The number of rotatable bonds is 9. The minimum absolute atomic E-state index is 0.126. The predicted molar refractivity (Wildman–Crippen MR) is 165 cm³/mol. The lowest BCUT2D eigenvalue weighted by Gasteiger charge is -2.16. The van der Waals surface area contributed by atoms with E-state index in [-0.39, 0.29) is 11.6 Å². The lowest BCUT2D eigenvalue weighted by atomic mass is 10.0. The number of nitrogens with one attached hydrogen (secondary N) is 1. The molecule has 0 spiro atoms. The van der Waals surface area contributed by atoms with Crippen molar-refractivity contribution >= 4 is 22.6 Å². The van der Waals surface area contributed by atoms with E-state index in [1.165, 1.54) is 0 Å². The second kappa shape index (κ2) is 12.3. The molecule has 0 aliphatic carbocycles. The van der Waals surface area contributed by atoms with Crippen molar-refractivity contribution < 1.29 is 4.79 Å². The van der Waals surface area contributed by atoms with Crippen molar-refractivity contribution in [2.24, 2.45) is 5.73 Å². The minimum Gasteiger partial charge on any atom is -0.330 e. The van der Waals surface area contributed by atoms with Crippen molar-refractivity contribution in [3.05, 3.63) is 107 Å². The SMILES string of the molecule is NCCCCCCn1nc(-c2ccc(NC(=O)N3Cc4ccncc4C3)cc2)cc(-c2ccc3cccnc3c2)c1=O. The third kappa shape index (κ3) is 5.91. The van der Waals surface area contributed by atoms with E-state index >= 15 is 0 Å². The zero-order chi connectivity index (χ0) is 28.9. The van der Waals surface area contributed by atoms with E-state index in [1.54, 1.807) is 22.0 Å². The number of amides is 2. The van der Waals surface area contributed by atoms with Crippen molar-refractivity contribution in [3.63, 3.8) is 0 Å². The average Bonchev–Trinajstić information content (AvgIpc) is 3.47. The summed E-state index contributed by atoms with van der Waals surface area (Å²) < 4.78 is 1.57. The number of nitrogens with two attached hydrogens (primary N) is 1. The molecule has 3 aromatic heterocycles. The number of hydrogen-bond acceptors (Lipinski definition) is 6. The molecule has 212 valence electrons. The molecule has 9 heteroatoms. The van der Waals surface area contributed by atoms with Crippen molar-refractivity contribution in [2.45, 2.75) is 45.3 Å². The monoisotopic (exact) mass is 559 g/mol. The van der Waals surface area contributed by atoms with E-state index in [2.05, 4.69) is 15.3 Å². The number of aryl methyl sites for hydroxylation is 1. The van der Waals surface area contributed by atoms with Crippen LogP contribution in [-0.2, 0) is 19.6 Å². The van der Waals surface area contributed by atoms with Gasteiger partial charge in [-0.15, -0.1) is 0 Å². The highest BCUT2D eigenvalue weighted by Gasteiger charge is 2.23.